The number of rotatable bonds is 4. The van der Waals surface area contributed by atoms with Crippen LogP contribution in [-0.2, 0) is 0 Å². The number of likely N-dealkylation sites (tertiary alicyclic amines) is 1. The Morgan fingerprint density at radius 2 is 1.80 bits per heavy atom. The van der Waals surface area contributed by atoms with Gasteiger partial charge in [0.25, 0.3) is 0 Å². The third kappa shape index (κ3) is 4.45. The van der Waals surface area contributed by atoms with Gasteiger partial charge in [-0.05, 0) is 63.4 Å². The number of hydrogen-bond acceptors (Lipinski definition) is 3. The van der Waals surface area contributed by atoms with E-state index in [9.17, 15) is 10.2 Å². The summed E-state index contributed by atoms with van der Waals surface area (Å²) in [5, 5.41) is 21.0. The van der Waals surface area contributed by atoms with Gasteiger partial charge in [-0.25, -0.2) is 0 Å². The SMILES string of the molecule is CC(C)(O)CN1CCC(C(O)c2ccc(Cl)cc2)CC1. The summed E-state index contributed by atoms with van der Waals surface area (Å²) in [6.45, 7) is 6.22. The molecule has 0 amide bonds. The molecular formula is C16H24ClNO2. The highest BCUT2D eigenvalue weighted by Gasteiger charge is 2.28. The zero-order chi connectivity index (χ0) is 14.8. The first-order valence-electron chi connectivity index (χ1n) is 7.23. The maximum Gasteiger partial charge on any atom is 0.0819 e. The molecule has 0 saturated carbocycles. The molecule has 4 heteroatoms. The predicted molar refractivity (Wildman–Crippen MR) is 81.9 cm³/mol. The van der Waals surface area contributed by atoms with Crippen LogP contribution >= 0.6 is 11.6 Å². The first-order chi connectivity index (χ1) is 9.35. The Morgan fingerprint density at radius 3 is 2.30 bits per heavy atom. The Hall–Kier alpha value is -0.610. The summed E-state index contributed by atoms with van der Waals surface area (Å²) >= 11 is 5.87. The Balaban J connectivity index is 1.88. The number of β-amino-alcohol motifs (C(OH)–C–C–N with tert-alkyl or cyclic N) is 1. The van der Waals surface area contributed by atoms with E-state index in [2.05, 4.69) is 4.90 Å². The molecule has 3 nitrogen and oxygen atoms in total. The van der Waals surface area contributed by atoms with Crippen LogP contribution in [0.5, 0.6) is 0 Å². The van der Waals surface area contributed by atoms with E-state index in [1.807, 2.05) is 38.1 Å². The van der Waals surface area contributed by atoms with Gasteiger partial charge in [0, 0.05) is 11.6 Å². The van der Waals surface area contributed by atoms with Gasteiger partial charge in [-0.2, -0.15) is 0 Å². The molecular weight excluding hydrogens is 274 g/mol. The minimum Gasteiger partial charge on any atom is -0.389 e. The van der Waals surface area contributed by atoms with Gasteiger partial charge in [0.2, 0.25) is 0 Å². The fourth-order valence-corrected chi connectivity index (χ4v) is 3.03. The number of hydrogen-bond donors (Lipinski definition) is 2. The Kier molecular flexibility index (Phi) is 5.08. The molecule has 0 spiro atoms. The van der Waals surface area contributed by atoms with Crippen LogP contribution in [0.4, 0.5) is 0 Å². The van der Waals surface area contributed by atoms with Crippen molar-refractivity contribution in [3.8, 4) is 0 Å². The fourth-order valence-electron chi connectivity index (χ4n) is 2.91. The summed E-state index contributed by atoms with van der Waals surface area (Å²) in [5.41, 5.74) is 0.289. The monoisotopic (exact) mass is 297 g/mol. The van der Waals surface area contributed by atoms with E-state index in [1.54, 1.807) is 0 Å². The van der Waals surface area contributed by atoms with Crippen LogP contribution in [0.3, 0.4) is 0 Å². The van der Waals surface area contributed by atoms with Crippen molar-refractivity contribution >= 4 is 11.6 Å². The second kappa shape index (κ2) is 6.44. The standard InChI is InChI=1S/C16H24ClNO2/c1-16(2,20)11-18-9-7-13(8-10-18)15(19)12-3-5-14(17)6-4-12/h3-6,13,15,19-20H,7-11H2,1-2H3. The second-order valence-electron chi connectivity index (χ2n) is 6.42. The molecule has 0 radical (unpaired) electrons. The molecule has 1 heterocycles. The van der Waals surface area contributed by atoms with Crippen molar-refractivity contribution in [3.05, 3.63) is 34.9 Å². The molecule has 1 aromatic carbocycles. The molecule has 0 aromatic heterocycles. The van der Waals surface area contributed by atoms with E-state index in [0.29, 0.717) is 11.6 Å². The summed E-state index contributed by atoms with van der Waals surface area (Å²) in [5.74, 6) is 0.286. The van der Waals surface area contributed by atoms with Gasteiger partial charge in [0.15, 0.2) is 0 Å². The highest BCUT2D eigenvalue weighted by molar-refractivity contribution is 6.30. The Labute approximate surface area is 126 Å². The van der Waals surface area contributed by atoms with Crippen LogP contribution in [0.15, 0.2) is 24.3 Å². The van der Waals surface area contributed by atoms with Crippen molar-refractivity contribution in [2.45, 2.75) is 38.4 Å². The number of benzene rings is 1. The number of halogens is 1. The van der Waals surface area contributed by atoms with Crippen molar-refractivity contribution in [2.75, 3.05) is 19.6 Å². The summed E-state index contributed by atoms with van der Waals surface area (Å²) in [6, 6.07) is 7.44. The van der Waals surface area contributed by atoms with Crippen LogP contribution < -0.4 is 0 Å². The maximum absolute atomic E-state index is 10.4. The van der Waals surface area contributed by atoms with Crippen LogP contribution in [0, 0.1) is 5.92 Å². The minimum absolute atomic E-state index is 0.286. The van der Waals surface area contributed by atoms with Crippen LogP contribution in [0.1, 0.15) is 38.4 Å². The molecule has 2 N–H and O–H groups in total. The normalized spacial score (nSPS) is 20.1. The first-order valence-corrected chi connectivity index (χ1v) is 7.61. The van der Waals surface area contributed by atoms with Crippen LogP contribution in [0.2, 0.25) is 5.02 Å². The lowest BCUT2D eigenvalue weighted by atomic mass is 9.87. The van der Waals surface area contributed by atoms with Gasteiger partial charge in [-0.1, -0.05) is 23.7 Å². The lowest BCUT2D eigenvalue weighted by molar-refractivity contribution is 0.00719. The average molecular weight is 298 g/mol. The second-order valence-corrected chi connectivity index (χ2v) is 6.86. The quantitative estimate of drug-likeness (QED) is 0.898. The van der Waals surface area contributed by atoms with E-state index in [1.165, 1.54) is 0 Å². The van der Waals surface area contributed by atoms with Gasteiger partial charge in [-0.15, -0.1) is 0 Å². The molecule has 1 aliphatic heterocycles. The van der Waals surface area contributed by atoms with E-state index < -0.39 is 11.7 Å². The van der Waals surface area contributed by atoms with Crippen molar-refractivity contribution in [1.82, 2.24) is 4.90 Å². The number of piperidine rings is 1. The van der Waals surface area contributed by atoms with E-state index in [0.717, 1.165) is 31.5 Å². The van der Waals surface area contributed by atoms with Gasteiger partial charge in [-0.3, -0.25) is 0 Å². The van der Waals surface area contributed by atoms with Crippen LogP contribution in [0.25, 0.3) is 0 Å². The molecule has 20 heavy (non-hydrogen) atoms. The van der Waals surface area contributed by atoms with E-state index in [4.69, 9.17) is 11.6 Å². The molecule has 2 rings (SSSR count). The lowest BCUT2D eigenvalue weighted by Crippen LogP contribution is -2.43. The topological polar surface area (TPSA) is 43.7 Å². The third-order valence-electron chi connectivity index (χ3n) is 3.90. The highest BCUT2D eigenvalue weighted by atomic mass is 35.5. The first kappa shape index (κ1) is 15.8. The minimum atomic E-state index is -0.651. The van der Waals surface area contributed by atoms with Gasteiger partial charge < -0.3 is 15.1 Å². The van der Waals surface area contributed by atoms with Crippen molar-refractivity contribution in [2.24, 2.45) is 5.92 Å². The molecule has 1 unspecified atom stereocenters. The van der Waals surface area contributed by atoms with E-state index >= 15 is 0 Å². The van der Waals surface area contributed by atoms with E-state index in [-0.39, 0.29) is 5.92 Å². The zero-order valence-corrected chi connectivity index (χ0v) is 13.0. The Morgan fingerprint density at radius 1 is 1.25 bits per heavy atom. The van der Waals surface area contributed by atoms with Gasteiger partial charge in [0.05, 0.1) is 11.7 Å². The number of aliphatic hydroxyl groups is 2. The third-order valence-corrected chi connectivity index (χ3v) is 4.15. The van der Waals surface area contributed by atoms with Crippen molar-refractivity contribution < 1.29 is 10.2 Å². The zero-order valence-electron chi connectivity index (χ0n) is 12.2. The van der Waals surface area contributed by atoms with Crippen LogP contribution in [-0.4, -0.2) is 40.3 Å². The van der Waals surface area contributed by atoms with Gasteiger partial charge >= 0.3 is 0 Å². The molecule has 1 aliphatic rings. The molecule has 1 aromatic rings. The molecule has 0 aliphatic carbocycles. The summed E-state index contributed by atoms with van der Waals surface area (Å²) in [7, 11) is 0. The largest absolute Gasteiger partial charge is 0.389 e. The molecule has 1 fully saturated rings. The van der Waals surface area contributed by atoms with Gasteiger partial charge in [0.1, 0.15) is 0 Å². The maximum atomic E-state index is 10.4. The summed E-state index contributed by atoms with van der Waals surface area (Å²) in [6.07, 6.45) is 1.50. The highest BCUT2D eigenvalue weighted by Crippen LogP contribution is 2.31. The summed E-state index contributed by atoms with van der Waals surface area (Å²) in [4.78, 5) is 2.27. The number of aliphatic hydroxyl groups excluding tert-OH is 1. The molecule has 112 valence electrons. The summed E-state index contributed by atoms with van der Waals surface area (Å²) < 4.78 is 0. The lowest BCUT2D eigenvalue weighted by Gasteiger charge is -2.37. The predicted octanol–water partition coefficient (Wildman–Crippen LogP) is 2.86. The Bertz CT molecular complexity index is 419. The average Bonchev–Trinajstić information content (AvgIpc) is 2.38. The molecule has 1 saturated heterocycles. The molecule has 0 bridgehead atoms. The smallest absolute Gasteiger partial charge is 0.0819 e. The molecule has 1 atom stereocenters. The van der Waals surface area contributed by atoms with Crippen molar-refractivity contribution in [1.29, 1.82) is 0 Å². The number of nitrogens with zero attached hydrogens (tertiary/aromatic N) is 1. The fraction of sp³-hybridized carbons (Fsp3) is 0.625. The van der Waals surface area contributed by atoms with Crippen molar-refractivity contribution in [3.63, 3.8) is 0 Å².